The Bertz CT molecular complexity index is 460. The number of fused-ring (bicyclic) bond motifs is 1. The number of hydrogen-bond acceptors (Lipinski definition) is 1. The van der Waals surface area contributed by atoms with E-state index in [4.69, 9.17) is 17.3 Å². The maximum Gasteiger partial charge on any atom is 0.0484 e. The van der Waals surface area contributed by atoms with Crippen LogP contribution in [-0.4, -0.2) is 11.1 Å². The zero-order valence-electron chi connectivity index (χ0n) is 8.13. The maximum absolute atomic E-state index is 5.94. The molecule has 2 aromatic rings. The molecule has 0 aliphatic heterocycles. The van der Waals surface area contributed by atoms with Gasteiger partial charge in [0.2, 0.25) is 0 Å². The Morgan fingerprint density at radius 3 is 2.93 bits per heavy atom. The van der Waals surface area contributed by atoms with E-state index >= 15 is 0 Å². The first-order chi connectivity index (χ1) is 6.72. The summed E-state index contributed by atoms with van der Waals surface area (Å²) in [5.41, 5.74) is 8.00. The van der Waals surface area contributed by atoms with Gasteiger partial charge in [-0.3, -0.25) is 0 Å². The summed E-state index contributed by atoms with van der Waals surface area (Å²) in [5.74, 6) is 0. The summed E-state index contributed by atoms with van der Waals surface area (Å²) >= 11 is 5.94. The Morgan fingerprint density at radius 2 is 2.21 bits per heavy atom. The van der Waals surface area contributed by atoms with E-state index in [1.54, 1.807) is 0 Å². The Balaban J connectivity index is 2.65. The van der Waals surface area contributed by atoms with E-state index in [1.165, 1.54) is 16.5 Å². The molecule has 0 spiro atoms. The molecule has 0 aliphatic carbocycles. The largest absolute Gasteiger partial charge is 0.346 e. The van der Waals surface area contributed by atoms with Crippen LogP contribution in [-0.2, 0) is 6.54 Å². The molecule has 2 nitrogen and oxygen atoms in total. The molecule has 1 aromatic carbocycles. The van der Waals surface area contributed by atoms with Crippen LogP contribution in [0.3, 0.4) is 0 Å². The second kappa shape index (κ2) is 3.64. The summed E-state index contributed by atoms with van der Waals surface area (Å²) in [6, 6.07) is 5.95. The Morgan fingerprint density at radius 1 is 1.43 bits per heavy atom. The molecule has 2 N–H and O–H groups in total. The molecule has 0 radical (unpaired) electrons. The third kappa shape index (κ3) is 1.51. The quantitative estimate of drug-likeness (QED) is 0.808. The van der Waals surface area contributed by atoms with Crippen molar-refractivity contribution in [2.75, 3.05) is 6.54 Å². The van der Waals surface area contributed by atoms with Crippen molar-refractivity contribution in [2.24, 2.45) is 5.73 Å². The number of hydrogen-bond donors (Lipinski definition) is 1. The standard InChI is InChI=1S/C11H13ClN2/c1-8-7-14(5-4-13)11-3-2-9(12)6-10(8)11/h2-3,6-7H,4-5,13H2,1H3. The molecule has 0 atom stereocenters. The first kappa shape index (κ1) is 9.56. The van der Waals surface area contributed by atoms with Gasteiger partial charge in [-0.05, 0) is 30.7 Å². The van der Waals surface area contributed by atoms with Crippen molar-refractivity contribution in [3.8, 4) is 0 Å². The normalized spacial score (nSPS) is 11.1. The minimum Gasteiger partial charge on any atom is -0.346 e. The summed E-state index contributed by atoms with van der Waals surface area (Å²) in [6.07, 6.45) is 2.12. The second-order valence-electron chi connectivity index (χ2n) is 3.46. The Kier molecular flexibility index (Phi) is 2.48. The van der Waals surface area contributed by atoms with E-state index in [0.717, 1.165) is 11.6 Å². The molecule has 2 rings (SSSR count). The van der Waals surface area contributed by atoms with Crippen molar-refractivity contribution in [1.29, 1.82) is 0 Å². The van der Waals surface area contributed by atoms with Gasteiger partial charge in [0.1, 0.15) is 0 Å². The summed E-state index contributed by atoms with van der Waals surface area (Å²) in [4.78, 5) is 0. The number of aromatic nitrogens is 1. The number of nitrogens with zero attached hydrogens (tertiary/aromatic N) is 1. The fourth-order valence-electron chi connectivity index (χ4n) is 1.77. The van der Waals surface area contributed by atoms with Crippen LogP contribution in [0.15, 0.2) is 24.4 Å². The van der Waals surface area contributed by atoms with Crippen LogP contribution in [0.4, 0.5) is 0 Å². The molecular weight excluding hydrogens is 196 g/mol. The second-order valence-corrected chi connectivity index (χ2v) is 3.89. The summed E-state index contributed by atoms with van der Waals surface area (Å²) in [7, 11) is 0. The van der Waals surface area contributed by atoms with Crippen LogP contribution in [0, 0.1) is 6.92 Å². The average Bonchev–Trinajstić information content (AvgIpc) is 2.44. The van der Waals surface area contributed by atoms with E-state index in [1.807, 2.05) is 18.2 Å². The third-order valence-electron chi connectivity index (χ3n) is 2.41. The molecule has 0 unspecified atom stereocenters. The van der Waals surface area contributed by atoms with E-state index in [-0.39, 0.29) is 0 Å². The van der Waals surface area contributed by atoms with E-state index in [2.05, 4.69) is 17.7 Å². The lowest BCUT2D eigenvalue weighted by Crippen LogP contribution is -2.08. The Labute approximate surface area is 88.3 Å². The molecular formula is C11H13ClN2. The van der Waals surface area contributed by atoms with Crippen LogP contribution in [0.25, 0.3) is 10.9 Å². The van der Waals surface area contributed by atoms with Crippen molar-refractivity contribution in [3.05, 3.63) is 35.0 Å². The molecule has 0 bridgehead atoms. The van der Waals surface area contributed by atoms with Crippen LogP contribution in [0.5, 0.6) is 0 Å². The molecule has 0 aliphatic rings. The van der Waals surface area contributed by atoms with Crippen LogP contribution >= 0.6 is 11.6 Å². The first-order valence-electron chi connectivity index (χ1n) is 4.67. The smallest absolute Gasteiger partial charge is 0.0484 e. The highest BCUT2D eigenvalue weighted by Crippen LogP contribution is 2.24. The number of halogens is 1. The van der Waals surface area contributed by atoms with Gasteiger partial charge in [-0.1, -0.05) is 11.6 Å². The SMILES string of the molecule is Cc1cn(CCN)c2ccc(Cl)cc12. The summed E-state index contributed by atoms with van der Waals surface area (Å²) in [5, 5.41) is 2.00. The van der Waals surface area contributed by atoms with Gasteiger partial charge in [0, 0.05) is 35.2 Å². The minimum atomic E-state index is 0.659. The van der Waals surface area contributed by atoms with E-state index < -0.39 is 0 Å². The lowest BCUT2D eigenvalue weighted by atomic mass is 10.2. The van der Waals surface area contributed by atoms with Crippen LogP contribution in [0.1, 0.15) is 5.56 Å². The van der Waals surface area contributed by atoms with Gasteiger partial charge >= 0.3 is 0 Å². The van der Waals surface area contributed by atoms with Crippen molar-refractivity contribution >= 4 is 22.5 Å². The molecule has 0 fully saturated rings. The monoisotopic (exact) mass is 208 g/mol. The first-order valence-corrected chi connectivity index (χ1v) is 5.05. The van der Waals surface area contributed by atoms with Gasteiger partial charge < -0.3 is 10.3 Å². The fourth-order valence-corrected chi connectivity index (χ4v) is 1.94. The van der Waals surface area contributed by atoms with E-state index in [0.29, 0.717) is 6.54 Å². The molecule has 0 saturated carbocycles. The number of rotatable bonds is 2. The van der Waals surface area contributed by atoms with Crippen LogP contribution < -0.4 is 5.73 Å². The highest BCUT2D eigenvalue weighted by Gasteiger charge is 2.04. The minimum absolute atomic E-state index is 0.659. The highest BCUT2D eigenvalue weighted by atomic mass is 35.5. The summed E-state index contributed by atoms with van der Waals surface area (Å²) < 4.78 is 2.17. The third-order valence-corrected chi connectivity index (χ3v) is 2.65. The fraction of sp³-hybridized carbons (Fsp3) is 0.273. The van der Waals surface area contributed by atoms with Gasteiger partial charge in [-0.25, -0.2) is 0 Å². The Hall–Kier alpha value is -0.990. The average molecular weight is 209 g/mol. The van der Waals surface area contributed by atoms with Crippen molar-refractivity contribution in [2.45, 2.75) is 13.5 Å². The highest BCUT2D eigenvalue weighted by molar-refractivity contribution is 6.31. The summed E-state index contributed by atoms with van der Waals surface area (Å²) in [6.45, 7) is 3.60. The molecule has 1 heterocycles. The number of nitrogens with two attached hydrogens (primary N) is 1. The lowest BCUT2D eigenvalue weighted by Gasteiger charge is -2.01. The molecule has 0 saturated heterocycles. The van der Waals surface area contributed by atoms with Crippen LogP contribution in [0.2, 0.25) is 5.02 Å². The number of benzene rings is 1. The van der Waals surface area contributed by atoms with Crippen molar-refractivity contribution < 1.29 is 0 Å². The molecule has 1 aromatic heterocycles. The molecule has 74 valence electrons. The van der Waals surface area contributed by atoms with Crippen molar-refractivity contribution in [3.63, 3.8) is 0 Å². The lowest BCUT2D eigenvalue weighted by molar-refractivity contribution is 0.734. The van der Waals surface area contributed by atoms with Crippen molar-refractivity contribution in [1.82, 2.24) is 4.57 Å². The van der Waals surface area contributed by atoms with Gasteiger partial charge in [0.05, 0.1) is 0 Å². The maximum atomic E-state index is 5.94. The van der Waals surface area contributed by atoms with E-state index in [9.17, 15) is 0 Å². The molecule has 14 heavy (non-hydrogen) atoms. The number of aryl methyl sites for hydroxylation is 1. The van der Waals surface area contributed by atoms with Gasteiger partial charge in [-0.2, -0.15) is 0 Å². The zero-order valence-corrected chi connectivity index (χ0v) is 8.88. The predicted octanol–water partition coefficient (Wildman–Crippen LogP) is 2.56. The zero-order chi connectivity index (χ0) is 10.1. The predicted molar refractivity (Wildman–Crippen MR) is 60.7 cm³/mol. The topological polar surface area (TPSA) is 30.9 Å². The van der Waals surface area contributed by atoms with Gasteiger partial charge in [0.15, 0.2) is 0 Å². The van der Waals surface area contributed by atoms with Gasteiger partial charge in [0.25, 0.3) is 0 Å². The van der Waals surface area contributed by atoms with Gasteiger partial charge in [-0.15, -0.1) is 0 Å². The molecule has 0 amide bonds. The molecule has 3 heteroatoms.